The third kappa shape index (κ3) is 11.1. The predicted octanol–water partition coefficient (Wildman–Crippen LogP) is 2.25. The smallest absolute Gasteiger partial charge is 0.244 e. The molecule has 0 N–H and O–H groups in total. The van der Waals surface area contributed by atoms with E-state index in [0.29, 0.717) is 39.6 Å². The van der Waals surface area contributed by atoms with Crippen LogP contribution in [0.1, 0.15) is 13.8 Å². The van der Waals surface area contributed by atoms with E-state index >= 15 is 0 Å². The quantitative estimate of drug-likeness (QED) is 0.376. The van der Waals surface area contributed by atoms with E-state index in [1.54, 1.807) is 0 Å². The van der Waals surface area contributed by atoms with E-state index in [0.717, 1.165) is 0 Å². The van der Waals surface area contributed by atoms with Crippen LogP contribution in [0.4, 0.5) is 0 Å². The van der Waals surface area contributed by atoms with Crippen LogP contribution in [0.2, 0.25) is 0 Å². The zero-order chi connectivity index (χ0) is 11.6. The number of hydrogen-bond donors (Lipinski definition) is 1. The zero-order valence-electron chi connectivity index (χ0n) is 9.18. The molecule has 0 aliphatic rings. The van der Waals surface area contributed by atoms with E-state index in [9.17, 15) is 0 Å². The first kappa shape index (κ1) is 15.8. The minimum atomic E-state index is -2.41. The van der Waals surface area contributed by atoms with Crippen molar-refractivity contribution in [3.63, 3.8) is 0 Å². The maximum Gasteiger partial charge on any atom is 0.244 e. The molecule has 0 saturated carbocycles. The first-order valence-corrected chi connectivity index (χ1v) is 8.68. The molecule has 0 aromatic carbocycles. The average Bonchev–Trinajstić information content (AvgIpc) is 2.20. The second-order valence-electron chi connectivity index (χ2n) is 2.53. The molecule has 0 spiro atoms. The summed E-state index contributed by atoms with van der Waals surface area (Å²) in [5.41, 5.74) is -2.41. The Bertz CT molecular complexity index is 175. The van der Waals surface area contributed by atoms with Crippen molar-refractivity contribution in [2.75, 3.05) is 39.6 Å². The van der Waals surface area contributed by atoms with Crippen molar-refractivity contribution in [1.29, 1.82) is 0 Å². The van der Waals surface area contributed by atoms with Gasteiger partial charge in [-0.25, -0.2) is 0 Å². The number of ether oxygens (including phenoxy) is 2. The van der Waals surface area contributed by atoms with Gasteiger partial charge in [0, 0.05) is 13.2 Å². The van der Waals surface area contributed by atoms with Gasteiger partial charge in [-0.2, -0.15) is 0 Å². The third-order valence-electron chi connectivity index (χ3n) is 1.37. The highest BCUT2D eigenvalue weighted by Crippen LogP contribution is 2.53. The maximum atomic E-state index is 5.30. The van der Waals surface area contributed by atoms with Crippen molar-refractivity contribution in [2.24, 2.45) is 0 Å². The van der Waals surface area contributed by atoms with Crippen molar-refractivity contribution >= 4 is 29.7 Å². The normalized spacial score (nSPS) is 11.9. The minimum absolute atomic E-state index is 0.420. The van der Waals surface area contributed by atoms with Crippen LogP contribution in [-0.4, -0.2) is 39.6 Å². The summed E-state index contributed by atoms with van der Waals surface area (Å²) in [7, 11) is 0. The van der Waals surface area contributed by atoms with Gasteiger partial charge in [0.2, 0.25) is 5.69 Å². The van der Waals surface area contributed by atoms with Crippen LogP contribution in [0, 0.1) is 0 Å². The SMILES string of the molecule is CCOCCOP(=S)(S)OCCOCC. The van der Waals surface area contributed by atoms with E-state index in [-0.39, 0.29) is 0 Å². The topological polar surface area (TPSA) is 36.9 Å². The van der Waals surface area contributed by atoms with Gasteiger partial charge in [-0.1, -0.05) is 12.2 Å². The van der Waals surface area contributed by atoms with Gasteiger partial charge in [-0.05, 0) is 25.7 Å². The molecule has 0 heterocycles. The zero-order valence-corrected chi connectivity index (χ0v) is 11.8. The highest BCUT2D eigenvalue weighted by molar-refractivity contribution is 8.60. The van der Waals surface area contributed by atoms with Crippen molar-refractivity contribution in [2.45, 2.75) is 13.8 Å². The van der Waals surface area contributed by atoms with Crippen LogP contribution in [0.15, 0.2) is 0 Å². The van der Waals surface area contributed by atoms with Crippen molar-refractivity contribution in [3.05, 3.63) is 0 Å². The fraction of sp³-hybridized carbons (Fsp3) is 1.00. The molecule has 92 valence electrons. The molecule has 7 heteroatoms. The van der Waals surface area contributed by atoms with Crippen LogP contribution >= 0.6 is 17.9 Å². The Kier molecular flexibility index (Phi) is 10.6. The summed E-state index contributed by atoms with van der Waals surface area (Å²) in [5, 5.41) is 0. The van der Waals surface area contributed by atoms with Gasteiger partial charge < -0.3 is 18.5 Å². The Morgan fingerprint density at radius 3 is 1.67 bits per heavy atom. The van der Waals surface area contributed by atoms with E-state index in [1.165, 1.54) is 0 Å². The predicted molar refractivity (Wildman–Crippen MR) is 68.2 cm³/mol. The third-order valence-corrected chi connectivity index (χ3v) is 3.72. The molecule has 15 heavy (non-hydrogen) atoms. The van der Waals surface area contributed by atoms with Crippen LogP contribution < -0.4 is 0 Å². The summed E-state index contributed by atoms with van der Waals surface area (Å²) in [5.74, 6) is 0. The fourth-order valence-corrected chi connectivity index (χ4v) is 2.37. The molecule has 0 radical (unpaired) electrons. The second kappa shape index (κ2) is 10.0. The molecular formula is C8H19O4PS2. The van der Waals surface area contributed by atoms with Gasteiger partial charge in [0.15, 0.2) is 0 Å². The van der Waals surface area contributed by atoms with E-state index in [1.807, 2.05) is 13.8 Å². The van der Waals surface area contributed by atoms with E-state index in [4.69, 9.17) is 30.3 Å². The van der Waals surface area contributed by atoms with Gasteiger partial charge >= 0.3 is 0 Å². The lowest BCUT2D eigenvalue weighted by Gasteiger charge is -2.16. The largest absolute Gasteiger partial charge is 0.379 e. The monoisotopic (exact) mass is 274 g/mol. The lowest BCUT2D eigenvalue weighted by molar-refractivity contribution is 0.0942. The standard InChI is InChI=1S/C8H19O4PS2/c1-3-9-5-7-11-13(14,15)12-8-6-10-4-2/h3-8H2,1-2H3,(H,14,15). The first-order chi connectivity index (χ1) is 7.12. The van der Waals surface area contributed by atoms with Crippen LogP contribution in [0.5, 0.6) is 0 Å². The van der Waals surface area contributed by atoms with Crippen molar-refractivity contribution < 1.29 is 18.5 Å². The molecule has 0 aliphatic carbocycles. The molecule has 0 aliphatic heterocycles. The van der Waals surface area contributed by atoms with Crippen LogP contribution in [0.3, 0.4) is 0 Å². The van der Waals surface area contributed by atoms with Gasteiger partial charge in [-0.15, -0.1) is 0 Å². The summed E-state index contributed by atoms with van der Waals surface area (Å²) >= 11 is 9.22. The maximum absolute atomic E-state index is 5.30. The first-order valence-electron chi connectivity index (χ1n) is 4.89. The Morgan fingerprint density at radius 2 is 1.33 bits per heavy atom. The molecule has 0 aromatic heterocycles. The molecule has 0 amide bonds. The highest BCUT2D eigenvalue weighted by Gasteiger charge is 2.12. The molecule has 0 rings (SSSR count). The second-order valence-corrected chi connectivity index (χ2v) is 7.82. The Morgan fingerprint density at radius 1 is 0.933 bits per heavy atom. The van der Waals surface area contributed by atoms with Crippen LogP contribution in [0.25, 0.3) is 0 Å². The van der Waals surface area contributed by atoms with Gasteiger partial charge in [-0.3, -0.25) is 0 Å². The molecule has 4 nitrogen and oxygen atoms in total. The molecule has 0 fully saturated rings. The minimum Gasteiger partial charge on any atom is -0.379 e. The molecule has 0 unspecified atom stereocenters. The number of hydrogen-bond acceptors (Lipinski definition) is 5. The molecule has 0 bridgehead atoms. The average molecular weight is 274 g/mol. The summed E-state index contributed by atoms with van der Waals surface area (Å²) < 4.78 is 20.8. The van der Waals surface area contributed by atoms with Crippen LogP contribution in [-0.2, 0) is 30.3 Å². The summed E-state index contributed by atoms with van der Waals surface area (Å²) in [6, 6.07) is 0. The Hall–Kier alpha value is 0.840. The van der Waals surface area contributed by atoms with Gasteiger partial charge in [0.25, 0.3) is 0 Å². The Labute approximate surface area is 102 Å². The fourth-order valence-electron chi connectivity index (χ4n) is 0.749. The van der Waals surface area contributed by atoms with E-state index in [2.05, 4.69) is 12.2 Å². The molecule has 0 aromatic rings. The molecule has 0 atom stereocenters. The number of thiol groups is 1. The summed E-state index contributed by atoms with van der Waals surface area (Å²) in [4.78, 5) is 0. The Balaban J connectivity index is 3.45. The summed E-state index contributed by atoms with van der Waals surface area (Å²) in [6.45, 7) is 7.07. The van der Waals surface area contributed by atoms with Gasteiger partial charge in [0.1, 0.15) is 0 Å². The van der Waals surface area contributed by atoms with Crippen molar-refractivity contribution in [3.8, 4) is 0 Å². The highest BCUT2D eigenvalue weighted by atomic mass is 32.9. The lowest BCUT2D eigenvalue weighted by atomic mass is 10.8. The lowest BCUT2D eigenvalue weighted by Crippen LogP contribution is -2.05. The molecule has 0 saturated heterocycles. The van der Waals surface area contributed by atoms with E-state index < -0.39 is 5.69 Å². The molecular weight excluding hydrogens is 255 g/mol. The number of rotatable bonds is 10. The summed E-state index contributed by atoms with van der Waals surface area (Å²) in [6.07, 6.45) is 0. The van der Waals surface area contributed by atoms with Crippen molar-refractivity contribution in [1.82, 2.24) is 0 Å². The van der Waals surface area contributed by atoms with Gasteiger partial charge in [0.05, 0.1) is 26.4 Å².